The normalized spacial score (nSPS) is 12.4. The van der Waals surface area contributed by atoms with Crippen LogP contribution in [0.1, 0.15) is 334 Å². The molecule has 11 heteroatoms. The van der Waals surface area contributed by atoms with Crippen molar-refractivity contribution < 1.29 is 53.4 Å². The van der Waals surface area contributed by atoms with Crippen molar-refractivity contribution in [2.24, 2.45) is 0 Å². The molecule has 0 amide bonds. The van der Waals surface area contributed by atoms with Gasteiger partial charge in [0, 0.05) is 38.9 Å². The molecule has 0 saturated carbocycles. The van der Waals surface area contributed by atoms with Gasteiger partial charge in [-0.25, -0.2) is 0 Å². The van der Waals surface area contributed by atoms with Gasteiger partial charge in [-0.1, -0.05) is 208 Å². The summed E-state index contributed by atoms with van der Waals surface area (Å²) in [7, 11) is 0. The zero-order chi connectivity index (χ0) is 62.2. The van der Waals surface area contributed by atoms with Gasteiger partial charge in [-0.15, -0.1) is 0 Å². The Bertz CT molecular complexity index is 1650. The van der Waals surface area contributed by atoms with Gasteiger partial charge < -0.3 is 34.3 Å². The molecule has 86 heavy (non-hydrogen) atoms. The molecule has 0 aromatic rings. The fraction of sp³-hybridized carbons (Fsp3) is 0.787. The Morgan fingerprint density at radius 1 is 0.256 bits per heavy atom. The highest BCUT2D eigenvalue weighted by atomic mass is 16.6. The van der Waals surface area contributed by atoms with Gasteiger partial charge in [0.25, 0.3) is 0 Å². The summed E-state index contributed by atoms with van der Waals surface area (Å²) >= 11 is 0. The zero-order valence-corrected chi connectivity index (χ0v) is 55.1. The molecule has 0 radical (unpaired) electrons. The molecule has 0 rings (SSSR count). The van der Waals surface area contributed by atoms with Gasteiger partial charge in [0.1, 0.15) is 6.61 Å². The van der Waals surface area contributed by atoms with Crippen LogP contribution in [0.2, 0.25) is 0 Å². The van der Waals surface area contributed by atoms with E-state index in [4.69, 9.17) is 29.2 Å². The monoisotopic (exact) mass is 1210 g/mol. The standard InChI is InChI=1S/C75H132O11/c76-65-57-49-41-33-25-17-9-1-5-13-21-29-37-45-53-61-72(79)83-67-59-51-43-35-27-19-11-3-7-15-23-31-39-47-55-63-74(81)85-70-71(69-78)86-75(82)64-56-48-40-32-24-16-8-4-12-20-28-36-44-52-60-68-84-73(80)62-54-46-38-30-22-14-6-2-10-18-26-34-42-50-58-66-77/h1-8,18,20,26,28,71,76-78H,9-17,19,21-25,27,29-70H2/b5-1-,6-2-,7-3-,8-4-,26-18-,28-20-/t71-/m0/s1. The first-order valence-electron chi connectivity index (χ1n) is 35.8. The number of carbonyl (C=O) groups excluding carboxylic acids is 4. The molecule has 0 bridgehead atoms. The number of ether oxygens (including phenoxy) is 4. The van der Waals surface area contributed by atoms with E-state index in [1.807, 2.05) is 0 Å². The molecule has 0 spiro atoms. The van der Waals surface area contributed by atoms with E-state index in [9.17, 15) is 24.3 Å². The first kappa shape index (κ1) is 82.2. The van der Waals surface area contributed by atoms with E-state index in [0.29, 0.717) is 52.1 Å². The van der Waals surface area contributed by atoms with Crippen molar-refractivity contribution in [1.29, 1.82) is 0 Å². The highest BCUT2D eigenvalue weighted by molar-refractivity contribution is 5.70. The molecule has 0 aromatic heterocycles. The van der Waals surface area contributed by atoms with Crippen LogP contribution in [0.4, 0.5) is 0 Å². The van der Waals surface area contributed by atoms with Crippen molar-refractivity contribution in [3.8, 4) is 0 Å². The summed E-state index contributed by atoms with van der Waals surface area (Å²) in [6, 6.07) is 0. The number of carbonyl (C=O) groups is 4. The third-order valence-corrected chi connectivity index (χ3v) is 15.6. The van der Waals surface area contributed by atoms with E-state index in [1.54, 1.807) is 0 Å². The lowest BCUT2D eigenvalue weighted by Gasteiger charge is -2.15. The average molecular weight is 1210 g/mol. The predicted molar refractivity (Wildman–Crippen MR) is 359 cm³/mol. The van der Waals surface area contributed by atoms with Crippen molar-refractivity contribution in [2.45, 2.75) is 340 Å². The van der Waals surface area contributed by atoms with Crippen LogP contribution in [0.15, 0.2) is 72.9 Å². The van der Waals surface area contributed by atoms with Crippen molar-refractivity contribution in [3.63, 3.8) is 0 Å². The lowest BCUT2D eigenvalue weighted by Crippen LogP contribution is -2.28. The summed E-state index contributed by atoms with van der Waals surface area (Å²) in [5.41, 5.74) is 0. The Labute approximate surface area is 527 Å². The smallest absolute Gasteiger partial charge is 0.306 e. The maximum Gasteiger partial charge on any atom is 0.306 e. The SMILES string of the molecule is O=C(CCCCCCC/C=C\C/C=C\CCCCCO)OCCCCC/C=C\C/C=C\CCCCCCCC(=O)O[C@@H](CO)COC(=O)CCCCCCC/C=C\CCCCCCCCOC(=O)CCCCCCC/C=C\CCCCCCCCO. The number of esters is 4. The Hall–Kier alpha value is -3.80. The topological polar surface area (TPSA) is 166 Å². The van der Waals surface area contributed by atoms with Crippen LogP contribution in [-0.4, -0.2) is 84.9 Å². The molecule has 498 valence electrons. The molecule has 0 aliphatic carbocycles. The largest absolute Gasteiger partial charge is 0.466 e. The summed E-state index contributed by atoms with van der Waals surface area (Å²) in [5, 5.41) is 27.3. The summed E-state index contributed by atoms with van der Waals surface area (Å²) in [4.78, 5) is 48.8. The van der Waals surface area contributed by atoms with Crippen LogP contribution in [-0.2, 0) is 38.1 Å². The van der Waals surface area contributed by atoms with E-state index >= 15 is 0 Å². The molecule has 3 N–H and O–H groups in total. The summed E-state index contributed by atoms with van der Waals surface area (Å²) in [6.07, 6.45) is 80.9. The van der Waals surface area contributed by atoms with Gasteiger partial charge in [0.05, 0.1) is 19.8 Å². The van der Waals surface area contributed by atoms with Crippen LogP contribution < -0.4 is 0 Å². The van der Waals surface area contributed by atoms with Gasteiger partial charge in [-0.05, 0) is 173 Å². The average Bonchev–Trinajstić information content (AvgIpc) is 3.55. The van der Waals surface area contributed by atoms with Crippen LogP contribution >= 0.6 is 0 Å². The summed E-state index contributed by atoms with van der Waals surface area (Å²) in [5.74, 6) is -0.765. The first-order chi connectivity index (χ1) is 42.4. The third-order valence-electron chi connectivity index (χ3n) is 15.6. The summed E-state index contributed by atoms with van der Waals surface area (Å²) in [6.45, 7) is 1.23. The fourth-order valence-corrected chi connectivity index (χ4v) is 10.1. The molecule has 0 fully saturated rings. The highest BCUT2D eigenvalue weighted by Crippen LogP contribution is 2.16. The Morgan fingerprint density at radius 3 is 0.802 bits per heavy atom. The van der Waals surface area contributed by atoms with E-state index < -0.39 is 6.10 Å². The Balaban J connectivity index is 3.53. The number of aliphatic hydroxyl groups excluding tert-OH is 3. The molecule has 11 nitrogen and oxygen atoms in total. The second-order valence-electron chi connectivity index (χ2n) is 23.9. The minimum atomic E-state index is -0.823. The maximum absolute atomic E-state index is 12.4. The fourth-order valence-electron chi connectivity index (χ4n) is 10.1. The van der Waals surface area contributed by atoms with Crippen molar-refractivity contribution in [2.75, 3.05) is 39.6 Å². The number of aliphatic hydroxyl groups is 3. The molecule has 0 aliphatic heterocycles. The van der Waals surface area contributed by atoms with Crippen LogP contribution in [0.5, 0.6) is 0 Å². The molecular formula is C75H132O11. The molecule has 1 atom stereocenters. The number of unbranched alkanes of at least 4 members (excludes halogenated alkanes) is 38. The van der Waals surface area contributed by atoms with Gasteiger partial charge in [-0.2, -0.15) is 0 Å². The summed E-state index contributed by atoms with van der Waals surface area (Å²) < 4.78 is 21.6. The van der Waals surface area contributed by atoms with Gasteiger partial charge in [-0.3, -0.25) is 19.2 Å². The number of hydrogen-bond donors (Lipinski definition) is 3. The van der Waals surface area contributed by atoms with Crippen LogP contribution in [0, 0.1) is 0 Å². The van der Waals surface area contributed by atoms with E-state index in [0.717, 1.165) is 212 Å². The lowest BCUT2D eigenvalue weighted by molar-refractivity contribution is -0.161. The molecular weight excluding hydrogens is 1080 g/mol. The van der Waals surface area contributed by atoms with Gasteiger partial charge in [0.15, 0.2) is 6.10 Å². The number of rotatable bonds is 68. The minimum Gasteiger partial charge on any atom is -0.466 e. The number of allylic oxidation sites excluding steroid dienone is 12. The van der Waals surface area contributed by atoms with Crippen molar-refractivity contribution in [3.05, 3.63) is 72.9 Å². The Morgan fingerprint density at radius 2 is 0.488 bits per heavy atom. The van der Waals surface area contributed by atoms with Gasteiger partial charge in [0.2, 0.25) is 0 Å². The highest BCUT2D eigenvalue weighted by Gasteiger charge is 2.16. The quantitative estimate of drug-likeness (QED) is 0.0230. The molecule has 0 saturated heterocycles. The van der Waals surface area contributed by atoms with E-state index in [2.05, 4.69) is 72.9 Å². The van der Waals surface area contributed by atoms with Gasteiger partial charge >= 0.3 is 23.9 Å². The molecule has 0 aromatic carbocycles. The second kappa shape index (κ2) is 71.9. The van der Waals surface area contributed by atoms with Crippen molar-refractivity contribution in [1.82, 2.24) is 0 Å². The minimum absolute atomic E-state index is 0.0364. The van der Waals surface area contributed by atoms with E-state index in [-0.39, 0.29) is 37.1 Å². The Kier molecular flexibility index (Phi) is 68.8. The van der Waals surface area contributed by atoms with Crippen LogP contribution in [0.25, 0.3) is 0 Å². The van der Waals surface area contributed by atoms with Crippen molar-refractivity contribution >= 4 is 23.9 Å². The first-order valence-corrected chi connectivity index (χ1v) is 35.8. The second-order valence-corrected chi connectivity index (χ2v) is 23.9. The van der Waals surface area contributed by atoms with E-state index in [1.165, 1.54) is 96.3 Å². The zero-order valence-electron chi connectivity index (χ0n) is 55.1. The maximum atomic E-state index is 12.4. The molecule has 0 aliphatic rings. The number of hydrogen-bond acceptors (Lipinski definition) is 11. The van der Waals surface area contributed by atoms with Crippen LogP contribution in [0.3, 0.4) is 0 Å². The molecule has 0 unspecified atom stereocenters. The third kappa shape index (κ3) is 69.3. The molecule has 0 heterocycles. The lowest BCUT2D eigenvalue weighted by atomic mass is 10.1. The predicted octanol–water partition coefficient (Wildman–Crippen LogP) is 20.1.